The highest BCUT2D eigenvalue weighted by molar-refractivity contribution is 5.90. The van der Waals surface area contributed by atoms with Crippen LogP contribution in [0.1, 0.15) is 31.1 Å². The van der Waals surface area contributed by atoms with Crippen molar-refractivity contribution in [3.8, 4) is 0 Å². The number of rotatable bonds is 4. The van der Waals surface area contributed by atoms with Crippen molar-refractivity contribution in [1.29, 1.82) is 0 Å². The molecular weight excluding hydrogens is 221 g/mol. The number of esters is 1. The van der Waals surface area contributed by atoms with Crippen molar-refractivity contribution < 1.29 is 13.9 Å². The lowest BCUT2D eigenvalue weighted by Gasteiger charge is -2.19. The quantitative estimate of drug-likeness (QED) is 0.821. The van der Waals surface area contributed by atoms with Gasteiger partial charge in [-0.3, -0.25) is 0 Å². The van der Waals surface area contributed by atoms with E-state index in [1.54, 1.807) is 0 Å². The van der Waals surface area contributed by atoms with Gasteiger partial charge in [-0.25, -0.2) is 9.18 Å². The number of anilines is 1. The number of halogens is 1. The molecule has 0 radical (unpaired) electrons. The highest BCUT2D eigenvalue weighted by Gasteiger charge is 2.13. The molecule has 4 heteroatoms. The Hall–Kier alpha value is -1.58. The minimum absolute atomic E-state index is 0.123. The smallest absolute Gasteiger partial charge is 0.337 e. The molecule has 0 aliphatic carbocycles. The molecule has 0 aliphatic rings. The van der Waals surface area contributed by atoms with E-state index < -0.39 is 5.97 Å². The summed E-state index contributed by atoms with van der Waals surface area (Å²) < 4.78 is 18.1. The van der Waals surface area contributed by atoms with E-state index >= 15 is 0 Å². The van der Waals surface area contributed by atoms with Crippen LogP contribution in [0, 0.1) is 11.7 Å². The van der Waals surface area contributed by atoms with E-state index in [1.807, 2.05) is 20.8 Å². The summed E-state index contributed by atoms with van der Waals surface area (Å²) in [6, 6.07) is 4.27. The summed E-state index contributed by atoms with van der Waals surface area (Å²) in [6.07, 6.45) is 0. The molecule has 1 aromatic rings. The Morgan fingerprint density at radius 1 is 1.35 bits per heavy atom. The summed E-state index contributed by atoms with van der Waals surface area (Å²) in [7, 11) is 1.30. The van der Waals surface area contributed by atoms with Crippen LogP contribution in [0.15, 0.2) is 18.2 Å². The SMILES string of the molecule is COC(=O)c1ccc(F)c(NC(C)C(C)C)c1. The van der Waals surface area contributed by atoms with Gasteiger partial charge >= 0.3 is 5.97 Å². The molecule has 0 aromatic heterocycles. The first-order valence-corrected chi connectivity index (χ1v) is 5.60. The third-order valence-corrected chi connectivity index (χ3v) is 2.77. The van der Waals surface area contributed by atoms with E-state index in [2.05, 4.69) is 10.1 Å². The Labute approximate surface area is 101 Å². The third kappa shape index (κ3) is 3.44. The number of benzene rings is 1. The number of hydrogen-bond donors (Lipinski definition) is 1. The summed E-state index contributed by atoms with van der Waals surface area (Å²) in [5, 5.41) is 3.05. The molecule has 1 unspecified atom stereocenters. The molecule has 0 heterocycles. The second-order valence-corrected chi connectivity index (χ2v) is 4.36. The predicted molar refractivity (Wildman–Crippen MR) is 65.7 cm³/mol. The van der Waals surface area contributed by atoms with E-state index in [9.17, 15) is 9.18 Å². The molecule has 1 rings (SSSR count). The van der Waals surface area contributed by atoms with Gasteiger partial charge in [0.05, 0.1) is 18.4 Å². The standard InChI is InChI=1S/C13H18FNO2/c1-8(2)9(3)15-12-7-10(13(16)17-4)5-6-11(12)14/h5-9,15H,1-4H3. The van der Waals surface area contributed by atoms with Crippen LogP contribution in [0.25, 0.3) is 0 Å². The van der Waals surface area contributed by atoms with Gasteiger partial charge in [-0.1, -0.05) is 13.8 Å². The number of nitrogens with one attached hydrogen (secondary N) is 1. The molecule has 0 amide bonds. The lowest BCUT2D eigenvalue weighted by molar-refractivity contribution is 0.0600. The monoisotopic (exact) mass is 239 g/mol. The number of hydrogen-bond acceptors (Lipinski definition) is 3. The minimum Gasteiger partial charge on any atom is -0.465 e. The normalized spacial score (nSPS) is 12.4. The fourth-order valence-corrected chi connectivity index (χ4v) is 1.29. The second kappa shape index (κ2) is 5.66. The van der Waals surface area contributed by atoms with Crippen molar-refractivity contribution in [1.82, 2.24) is 0 Å². The molecule has 1 aromatic carbocycles. The second-order valence-electron chi connectivity index (χ2n) is 4.36. The van der Waals surface area contributed by atoms with Crippen LogP contribution in [-0.2, 0) is 4.74 Å². The number of carbonyl (C=O) groups is 1. The van der Waals surface area contributed by atoms with Crippen LogP contribution in [0.3, 0.4) is 0 Å². The summed E-state index contributed by atoms with van der Waals surface area (Å²) >= 11 is 0. The van der Waals surface area contributed by atoms with Crippen LogP contribution >= 0.6 is 0 Å². The molecule has 0 bridgehead atoms. The molecule has 0 saturated heterocycles. The minimum atomic E-state index is -0.467. The number of methoxy groups -OCH3 is 1. The summed E-state index contributed by atoms with van der Waals surface area (Å²) in [4.78, 5) is 11.3. The number of carbonyl (C=O) groups excluding carboxylic acids is 1. The predicted octanol–water partition coefficient (Wildman–Crippen LogP) is 3.07. The van der Waals surface area contributed by atoms with E-state index in [0.29, 0.717) is 17.2 Å². The average Bonchev–Trinajstić information content (AvgIpc) is 2.30. The van der Waals surface area contributed by atoms with Crippen LogP contribution in [-0.4, -0.2) is 19.1 Å². The Morgan fingerprint density at radius 3 is 2.53 bits per heavy atom. The maximum Gasteiger partial charge on any atom is 0.337 e. The highest BCUT2D eigenvalue weighted by Crippen LogP contribution is 2.19. The Morgan fingerprint density at radius 2 is 2.00 bits per heavy atom. The zero-order valence-corrected chi connectivity index (χ0v) is 10.6. The largest absolute Gasteiger partial charge is 0.465 e. The van der Waals surface area contributed by atoms with Crippen LogP contribution in [0.2, 0.25) is 0 Å². The first kappa shape index (κ1) is 13.5. The van der Waals surface area contributed by atoms with Crippen molar-refractivity contribution in [3.05, 3.63) is 29.6 Å². The van der Waals surface area contributed by atoms with Gasteiger partial charge in [-0.15, -0.1) is 0 Å². The van der Waals surface area contributed by atoms with Crippen LogP contribution in [0.4, 0.5) is 10.1 Å². The van der Waals surface area contributed by atoms with Crippen LogP contribution < -0.4 is 5.32 Å². The first-order chi connectivity index (χ1) is 7.95. The molecule has 1 N–H and O–H groups in total. The molecule has 3 nitrogen and oxygen atoms in total. The maximum atomic E-state index is 13.5. The van der Waals surface area contributed by atoms with Gasteiger partial charge in [0.15, 0.2) is 0 Å². The van der Waals surface area contributed by atoms with E-state index in [1.165, 1.54) is 25.3 Å². The first-order valence-electron chi connectivity index (χ1n) is 5.60. The average molecular weight is 239 g/mol. The molecule has 1 atom stereocenters. The van der Waals surface area contributed by atoms with Crippen molar-refractivity contribution in [2.45, 2.75) is 26.8 Å². The van der Waals surface area contributed by atoms with Crippen molar-refractivity contribution in [2.75, 3.05) is 12.4 Å². The van der Waals surface area contributed by atoms with E-state index in [-0.39, 0.29) is 11.9 Å². The molecule has 0 fully saturated rings. The summed E-state index contributed by atoms with van der Waals surface area (Å²) in [6.45, 7) is 6.05. The number of ether oxygens (including phenoxy) is 1. The third-order valence-electron chi connectivity index (χ3n) is 2.77. The Bertz CT molecular complexity index is 404. The van der Waals surface area contributed by atoms with E-state index in [4.69, 9.17) is 0 Å². The van der Waals surface area contributed by atoms with Crippen molar-refractivity contribution in [3.63, 3.8) is 0 Å². The van der Waals surface area contributed by atoms with Gasteiger partial charge in [0.1, 0.15) is 5.82 Å². The summed E-state index contributed by atoms with van der Waals surface area (Å²) in [5.74, 6) is -0.466. The molecule has 0 spiro atoms. The van der Waals surface area contributed by atoms with Gasteiger partial charge in [-0.2, -0.15) is 0 Å². The van der Waals surface area contributed by atoms with Crippen molar-refractivity contribution in [2.24, 2.45) is 5.92 Å². The fraction of sp³-hybridized carbons (Fsp3) is 0.462. The van der Waals surface area contributed by atoms with Gasteiger partial charge < -0.3 is 10.1 Å². The van der Waals surface area contributed by atoms with Gasteiger partial charge in [-0.05, 0) is 31.0 Å². The topological polar surface area (TPSA) is 38.3 Å². The Kier molecular flexibility index (Phi) is 4.49. The molecule has 0 saturated carbocycles. The summed E-state index contributed by atoms with van der Waals surface area (Å²) in [5.41, 5.74) is 0.668. The fourth-order valence-electron chi connectivity index (χ4n) is 1.29. The van der Waals surface area contributed by atoms with Gasteiger partial charge in [0.25, 0.3) is 0 Å². The zero-order valence-electron chi connectivity index (χ0n) is 10.6. The maximum absolute atomic E-state index is 13.5. The van der Waals surface area contributed by atoms with Gasteiger partial charge in [0, 0.05) is 6.04 Å². The molecule has 17 heavy (non-hydrogen) atoms. The molecular formula is C13H18FNO2. The zero-order chi connectivity index (χ0) is 13.0. The van der Waals surface area contributed by atoms with Gasteiger partial charge in [0.2, 0.25) is 0 Å². The highest BCUT2D eigenvalue weighted by atomic mass is 19.1. The lowest BCUT2D eigenvalue weighted by atomic mass is 10.1. The lowest BCUT2D eigenvalue weighted by Crippen LogP contribution is -2.22. The Balaban J connectivity index is 2.94. The van der Waals surface area contributed by atoms with Crippen LogP contribution in [0.5, 0.6) is 0 Å². The van der Waals surface area contributed by atoms with E-state index in [0.717, 1.165) is 0 Å². The van der Waals surface area contributed by atoms with Crippen molar-refractivity contribution >= 4 is 11.7 Å². The molecule has 94 valence electrons. The molecule has 0 aliphatic heterocycles.